The van der Waals surface area contributed by atoms with Crippen LogP contribution in [0.2, 0.25) is 0 Å². The summed E-state index contributed by atoms with van der Waals surface area (Å²) in [6.07, 6.45) is 0. The van der Waals surface area contributed by atoms with Gasteiger partial charge in [-0.05, 0) is 46.5 Å². The Morgan fingerprint density at radius 3 is 1.64 bits per heavy atom. The van der Waals surface area contributed by atoms with Gasteiger partial charge in [-0.15, -0.1) is 11.3 Å². The first-order chi connectivity index (χ1) is 27.2. The highest BCUT2D eigenvalue weighted by atomic mass is 32.1. The number of benzene rings is 8. The minimum atomic E-state index is 0.711. The fraction of sp³-hybridized carbons (Fsp3) is 0. The van der Waals surface area contributed by atoms with E-state index in [9.17, 15) is 0 Å². The predicted molar refractivity (Wildman–Crippen MR) is 232 cm³/mol. The average Bonchev–Trinajstić information content (AvgIpc) is 3.65. The molecule has 3 heterocycles. The van der Waals surface area contributed by atoms with Gasteiger partial charge in [0.1, 0.15) is 0 Å². The lowest BCUT2D eigenvalue weighted by atomic mass is 9.96. The Balaban J connectivity index is 0.955. The van der Waals surface area contributed by atoms with Crippen molar-refractivity contribution in [3.05, 3.63) is 188 Å². The molecule has 0 radical (unpaired) electrons. The molecule has 0 saturated carbocycles. The smallest absolute Gasteiger partial charge is 0.160 e. The summed E-state index contributed by atoms with van der Waals surface area (Å²) >= 11 is 1.87. The third kappa shape index (κ3) is 5.38. The number of rotatable bonds is 5. The molecule has 0 aliphatic heterocycles. The van der Waals surface area contributed by atoms with E-state index in [1.807, 2.05) is 23.5 Å². The van der Waals surface area contributed by atoms with Gasteiger partial charge in [0, 0.05) is 58.4 Å². The van der Waals surface area contributed by atoms with E-state index in [4.69, 9.17) is 15.0 Å². The van der Waals surface area contributed by atoms with Crippen LogP contribution in [0.3, 0.4) is 0 Å². The molecular formula is C51H31N3S. The first-order valence-corrected chi connectivity index (χ1v) is 19.3. The standard InChI is InChI=1S/C51H31N3S/c1-2-11-32(12-3-1)37-13-10-14-38(31-37)49-42-17-5-8-19-45(42)53-51(54-49)36-27-23-34(24-28-36)33-21-25-35(26-22-33)48-43-30-29-40-39-15-6-9-20-46(39)55-50(40)47(43)41-16-4-7-18-44(41)52-48/h1-31H. The fourth-order valence-corrected chi connectivity index (χ4v) is 9.24. The predicted octanol–water partition coefficient (Wildman–Crippen LogP) is 14.0. The van der Waals surface area contributed by atoms with Crippen LogP contribution < -0.4 is 0 Å². The lowest BCUT2D eigenvalue weighted by Crippen LogP contribution is -1.95. The lowest BCUT2D eigenvalue weighted by molar-refractivity contribution is 1.23. The van der Waals surface area contributed by atoms with Gasteiger partial charge in [0.15, 0.2) is 5.82 Å². The first kappa shape index (κ1) is 31.5. The number of pyridine rings is 1. The highest BCUT2D eigenvalue weighted by Gasteiger charge is 2.17. The number of para-hydroxylation sites is 2. The van der Waals surface area contributed by atoms with Crippen molar-refractivity contribution in [1.29, 1.82) is 0 Å². The largest absolute Gasteiger partial charge is 0.247 e. The molecule has 0 aliphatic rings. The van der Waals surface area contributed by atoms with Crippen molar-refractivity contribution in [3.63, 3.8) is 0 Å². The number of aromatic nitrogens is 3. The van der Waals surface area contributed by atoms with Gasteiger partial charge in [0.25, 0.3) is 0 Å². The van der Waals surface area contributed by atoms with E-state index in [0.29, 0.717) is 5.82 Å². The molecule has 3 aromatic heterocycles. The molecular weight excluding hydrogens is 687 g/mol. The minimum Gasteiger partial charge on any atom is -0.247 e. The maximum Gasteiger partial charge on any atom is 0.160 e. The number of thiophene rings is 1. The van der Waals surface area contributed by atoms with Gasteiger partial charge in [-0.3, -0.25) is 0 Å². The lowest BCUT2D eigenvalue weighted by Gasteiger charge is -2.12. The Bertz CT molecular complexity index is 3240. The van der Waals surface area contributed by atoms with Crippen LogP contribution in [-0.4, -0.2) is 15.0 Å². The third-order valence-electron chi connectivity index (χ3n) is 10.7. The topological polar surface area (TPSA) is 38.7 Å². The van der Waals surface area contributed by atoms with Gasteiger partial charge < -0.3 is 0 Å². The molecule has 8 aromatic carbocycles. The molecule has 0 unspecified atom stereocenters. The van der Waals surface area contributed by atoms with E-state index >= 15 is 0 Å². The molecule has 4 heteroatoms. The van der Waals surface area contributed by atoms with Crippen molar-refractivity contribution in [2.75, 3.05) is 0 Å². The van der Waals surface area contributed by atoms with Gasteiger partial charge in [0.2, 0.25) is 0 Å². The van der Waals surface area contributed by atoms with Crippen LogP contribution in [-0.2, 0) is 0 Å². The molecule has 256 valence electrons. The zero-order valence-corrected chi connectivity index (χ0v) is 30.5. The summed E-state index contributed by atoms with van der Waals surface area (Å²) in [6.45, 7) is 0. The molecule has 0 bridgehead atoms. The Hall–Kier alpha value is -7.01. The van der Waals surface area contributed by atoms with Crippen LogP contribution in [0, 0.1) is 0 Å². The van der Waals surface area contributed by atoms with E-state index in [2.05, 4.69) is 176 Å². The first-order valence-electron chi connectivity index (χ1n) is 18.5. The Kier molecular flexibility index (Phi) is 7.35. The summed E-state index contributed by atoms with van der Waals surface area (Å²) in [5, 5.41) is 7.30. The number of nitrogens with zero attached hydrogens (tertiary/aromatic N) is 3. The summed E-state index contributed by atoms with van der Waals surface area (Å²) in [7, 11) is 0. The zero-order valence-electron chi connectivity index (χ0n) is 29.6. The van der Waals surface area contributed by atoms with Crippen molar-refractivity contribution in [2.24, 2.45) is 0 Å². The number of fused-ring (bicyclic) bond motifs is 8. The van der Waals surface area contributed by atoms with Gasteiger partial charge in [0.05, 0.1) is 22.4 Å². The summed E-state index contributed by atoms with van der Waals surface area (Å²) in [4.78, 5) is 15.4. The SMILES string of the molecule is c1ccc(-c2cccc(-c3nc(-c4ccc(-c5ccc(-c6nc7ccccc7c7c6ccc6c8ccccc8sc67)cc5)cc4)nc4ccccc34)c2)cc1. The summed E-state index contributed by atoms with van der Waals surface area (Å²) in [6, 6.07) is 66.6. The quantitative estimate of drug-likeness (QED) is 0.166. The maximum atomic E-state index is 5.24. The van der Waals surface area contributed by atoms with Crippen LogP contribution >= 0.6 is 11.3 Å². The van der Waals surface area contributed by atoms with Crippen molar-refractivity contribution in [2.45, 2.75) is 0 Å². The third-order valence-corrected chi connectivity index (χ3v) is 11.9. The van der Waals surface area contributed by atoms with E-state index < -0.39 is 0 Å². The van der Waals surface area contributed by atoms with Gasteiger partial charge >= 0.3 is 0 Å². The van der Waals surface area contributed by atoms with Gasteiger partial charge in [-0.1, -0.05) is 164 Å². The molecule has 0 N–H and O–H groups in total. The molecule has 0 spiro atoms. The molecule has 0 aliphatic carbocycles. The fourth-order valence-electron chi connectivity index (χ4n) is 7.97. The molecule has 11 aromatic rings. The van der Waals surface area contributed by atoms with E-state index in [1.54, 1.807) is 0 Å². The molecule has 3 nitrogen and oxygen atoms in total. The zero-order chi connectivity index (χ0) is 36.3. The van der Waals surface area contributed by atoms with Crippen LogP contribution in [0.25, 0.3) is 109 Å². The molecule has 0 amide bonds. The van der Waals surface area contributed by atoms with Crippen LogP contribution in [0.4, 0.5) is 0 Å². The van der Waals surface area contributed by atoms with E-state index in [-0.39, 0.29) is 0 Å². The number of hydrogen-bond acceptors (Lipinski definition) is 4. The minimum absolute atomic E-state index is 0.711. The normalized spacial score (nSPS) is 11.6. The van der Waals surface area contributed by atoms with Crippen molar-refractivity contribution < 1.29 is 0 Å². The molecule has 55 heavy (non-hydrogen) atoms. The second-order valence-corrected chi connectivity index (χ2v) is 15.0. The highest BCUT2D eigenvalue weighted by Crippen LogP contribution is 2.43. The monoisotopic (exact) mass is 717 g/mol. The van der Waals surface area contributed by atoms with Crippen LogP contribution in [0.15, 0.2) is 188 Å². The second-order valence-electron chi connectivity index (χ2n) is 14.0. The Morgan fingerprint density at radius 1 is 0.309 bits per heavy atom. The van der Waals surface area contributed by atoms with Crippen LogP contribution in [0.5, 0.6) is 0 Å². The summed E-state index contributed by atoms with van der Waals surface area (Å²) in [5.41, 5.74) is 11.6. The van der Waals surface area contributed by atoms with Crippen molar-refractivity contribution >= 4 is 64.1 Å². The average molecular weight is 718 g/mol. The van der Waals surface area contributed by atoms with Gasteiger partial charge in [-0.25, -0.2) is 15.0 Å². The second kappa shape index (κ2) is 12.8. The van der Waals surface area contributed by atoms with E-state index in [0.717, 1.165) is 61.2 Å². The van der Waals surface area contributed by atoms with Gasteiger partial charge in [-0.2, -0.15) is 0 Å². The molecule has 0 fully saturated rings. The highest BCUT2D eigenvalue weighted by molar-refractivity contribution is 7.26. The summed E-state index contributed by atoms with van der Waals surface area (Å²) < 4.78 is 2.63. The van der Waals surface area contributed by atoms with Crippen molar-refractivity contribution in [3.8, 4) is 56.2 Å². The Labute approximate surface area is 321 Å². The maximum absolute atomic E-state index is 5.24. The summed E-state index contributed by atoms with van der Waals surface area (Å²) in [5.74, 6) is 0.711. The molecule has 0 atom stereocenters. The van der Waals surface area contributed by atoms with Crippen LogP contribution in [0.1, 0.15) is 0 Å². The number of hydrogen-bond donors (Lipinski definition) is 0. The van der Waals surface area contributed by atoms with E-state index in [1.165, 1.54) is 41.9 Å². The molecule has 11 rings (SSSR count). The Morgan fingerprint density at radius 2 is 0.855 bits per heavy atom. The van der Waals surface area contributed by atoms with Crippen molar-refractivity contribution in [1.82, 2.24) is 15.0 Å². The molecule has 0 saturated heterocycles.